The third-order valence-corrected chi connectivity index (χ3v) is 3.06. The fraction of sp³-hybridized carbons (Fsp3) is 0.278. The van der Waals surface area contributed by atoms with E-state index in [0.29, 0.717) is 0 Å². The molecule has 2 aromatic rings. The van der Waals surface area contributed by atoms with Gasteiger partial charge in [-0.3, -0.25) is 9.80 Å². The maximum absolute atomic E-state index is 13.3. The summed E-state index contributed by atoms with van der Waals surface area (Å²) in [6, 6.07) is 13.5. The molecule has 0 spiro atoms. The Balaban J connectivity index is -0.000000208. The topological polar surface area (TPSA) is 77.8 Å². The van der Waals surface area contributed by atoms with Gasteiger partial charge in [0.15, 0.2) is 0 Å². The van der Waals surface area contributed by atoms with Gasteiger partial charge in [0.1, 0.15) is 17.2 Å². The van der Waals surface area contributed by atoms with Gasteiger partial charge in [0, 0.05) is 0 Å². The van der Waals surface area contributed by atoms with E-state index in [2.05, 4.69) is 19.1 Å². The number of carbonyl (C=O) groups excluding carboxylic acids is 1. The average molecular weight is 435 g/mol. The SMILES string of the molecule is CC(C)(C)N(N)C(=O)c1c(F)cccc1F.Cc1ccccc1.Cl.Cl.O.[NaH]. The monoisotopic (exact) mass is 434 g/mol. The zero-order valence-corrected chi connectivity index (χ0v) is 16.8. The van der Waals surface area contributed by atoms with Gasteiger partial charge in [-0.05, 0) is 39.8 Å². The molecular weight excluding hydrogens is 408 g/mol. The number of rotatable bonds is 1. The number of carbonyl (C=O) groups is 1. The Kier molecular flexibility index (Phi) is 19.1. The third-order valence-electron chi connectivity index (χ3n) is 3.06. The number of hydrogen-bond acceptors (Lipinski definition) is 2. The summed E-state index contributed by atoms with van der Waals surface area (Å²) in [5.74, 6) is 2.82. The molecule has 0 unspecified atom stereocenters. The molecule has 0 radical (unpaired) electrons. The van der Waals surface area contributed by atoms with Crippen molar-refractivity contribution in [3.05, 3.63) is 71.3 Å². The zero-order valence-electron chi connectivity index (χ0n) is 15.1. The van der Waals surface area contributed by atoms with Gasteiger partial charge in [-0.1, -0.05) is 42.0 Å². The van der Waals surface area contributed by atoms with E-state index in [0.717, 1.165) is 17.1 Å². The molecule has 4 nitrogen and oxygen atoms in total. The predicted octanol–water partition coefficient (Wildman–Crippen LogP) is 3.44. The molecular formula is C18H27Cl2F2N2NaO2. The number of nitrogens with two attached hydrogens (primary N) is 1. The molecule has 2 aromatic carbocycles. The number of amides is 1. The van der Waals surface area contributed by atoms with Crippen molar-refractivity contribution in [1.29, 1.82) is 0 Å². The first-order valence-corrected chi connectivity index (χ1v) is 7.19. The number of hydrogen-bond donors (Lipinski definition) is 1. The molecule has 0 aliphatic rings. The first-order chi connectivity index (χ1) is 10.6. The molecule has 0 fully saturated rings. The van der Waals surface area contributed by atoms with Gasteiger partial charge >= 0.3 is 29.6 Å². The van der Waals surface area contributed by atoms with Crippen molar-refractivity contribution in [3.63, 3.8) is 0 Å². The average Bonchev–Trinajstić information content (AvgIpc) is 2.46. The fourth-order valence-electron chi connectivity index (χ4n) is 1.66. The molecule has 4 N–H and O–H groups in total. The zero-order chi connectivity index (χ0) is 17.6. The van der Waals surface area contributed by atoms with Crippen LogP contribution >= 0.6 is 24.8 Å². The van der Waals surface area contributed by atoms with E-state index < -0.39 is 28.6 Å². The molecule has 9 heteroatoms. The van der Waals surface area contributed by atoms with Crippen LogP contribution in [0.2, 0.25) is 0 Å². The molecule has 0 bridgehead atoms. The molecule has 0 atom stereocenters. The predicted molar refractivity (Wildman–Crippen MR) is 113 cm³/mol. The number of nitrogens with zero attached hydrogens (tertiary/aromatic N) is 1. The first kappa shape index (κ1) is 33.8. The van der Waals surface area contributed by atoms with Gasteiger partial charge in [-0.25, -0.2) is 14.6 Å². The van der Waals surface area contributed by atoms with Crippen LogP contribution in [0.25, 0.3) is 0 Å². The van der Waals surface area contributed by atoms with Crippen molar-refractivity contribution < 1.29 is 19.1 Å². The molecule has 1 amide bonds. The molecule has 27 heavy (non-hydrogen) atoms. The van der Waals surface area contributed by atoms with Gasteiger partial charge in [0.2, 0.25) is 0 Å². The van der Waals surface area contributed by atoms with Crippen LogP contribution in [0.4, 0.5) is 8.78 Å². The van der Waals surface area contributed by atoms with Crippen molar-refractivity contribution in [3.8, 4) is 0 Å². The van der Waals surface area contributed by atoms with Crippen LogP contribution in [0.3, 0.4) is 0 Å². The number of halogens is 4. The van der Waals surface area contributed by atoms with E-state index in [1.54, 1.807) is 20.8 Å². The summed E-state index contributed by atoms with van der Waals surface area (Å²) in [4.78, 5) is 11.8. The first-order valence-electron chi connectivity index (χ1n) is 7.19. The summed E-state index contributed by atoms with van der Waals surface area (Å²) in [6.07, 6.45) is 0. The summed E-state index contributed by atoms with van der Waals surface area (Å²) >= 11 is 0. The van der Waals surface area contributed by atoms with Crippen molar-refractivity contribution >= 4 is 60.3 Å². The Morgan fingerprint density at radius 2 is 1.33 bits per heavy atom. The standard InChI is InChI=1S/C11H14F2N2O.C7H8.2ClH.Na.H2O.H/c1-11(2,3)15(14)10(16)9-7(12)5-4-6-8(9)13;1-7-5-3-2-4-6-7;;;;;/h4-6H,14H2,1-3H3;2-6H,1H3;2*1H;;1H2;. The molecule has 150 valence electrons. The number of hydrazine groups is 1. The Morgan fingerprint density at radius 3 is 1.63 bits per heavy atom. The molecule has 0 saturated carbocycles. The van der Waals surface area contributed by atoms with Gasteiger partial charge in [0.05, 0.1) is 5.54 Å². The maximum atomic E-state index is 13.3. The molecule has 0 heterocycles. The molecule has 2 rings (SSSR count). The minimum absolute atomic E-state index is 0. The van der Waals surface area contributed by atoms with E-state index in [4.69, 9.17) is 5.84 Å². The second-order valence-electron chi connectivity index (χ2n) is 6.10. The quantitative estimate of drug-likeness (QED) is 0.323. The summed E-state index contributed by atoms with van der Waals surface area (Å²) < 4.78 is 26.6. The summed E-state index contributed by atoms with van der Waals surface area (Å²) in [6.45, 7) is 7.09. The van der Waals surface area contributed by atoms with Crippen molar-refractivity contribution in [1.82, 2.24) is 5.01 Å². The molecule has 0 aliphatic heterocycles. The van der Waals surface area contributed by atoms with Crippen LogP contribution in [0.1, 0.15) is 36.7 Å². The van der Waals surface area contributed by atoms with Crippen LogP contribution in [-0.2, 0) is 0 Å². The van der Waals surface area contributed by atoms with Crippen molar-refractivity contribution in [2.75, 3.05) is 0 Å². The van der Waals surface area contributed by atoms with Crippen LogP contribution in [0, 0.1) is 18.6 Å². The Labute approximate surface area is 193 Å². The third kappa shape index (κ3) is 11.0. The summed E-state index contributed by atoms with van der Waals surface area (Å²) in [7, 11) is 0. The van der Waals surface area contributed by atoms with Gasteiger partial charge in [0.25, 0.3) is 5.91 Å². The van der Waals surface area contributed by atoms with E-state index in [1.807, 2.05) is 18.2 Å². The Hall–Kier alpha value is -0.730. The van der Waals surface area contributed by atoms with Gasteiger partial charge in [-0.2, -0.15) is 0 Å². The second-order valence-corrected chi connectivity index (χ2v) is 6.10. The fourth-order valence-corrected chi connectivity index (χ4v) is 1.66. The van der Waals surface area contributed by atoms with E-state index >= 15 is 0 Å². The second kappa shape index (κ2) is 15.2. The Bertz CT molecular complexity index is 652. The molecule has 0 aliphatic carbocycles. The summed E-state index contributed by atoms with van der Waals surface area (Å²) in [5, 5.41) is 0.814. The van der Waals surface area contributed by atoms with Crippen molar-refractivity contribution in [2.45, 2.75) is 33.2 Å². The normalized spacial score (nSPS) is 9.00. The number of benzene rings is 2. The summed E-state index contributed by atoms with van der Waals surface area (Å²) in [5.41, 5.74) is -0.00588. The van der Waals surface area contributed by atoms with Crippen molar-refractivity contribution in [2.24, 2.45) is 5.84 Å². The van der Waals surface area contributed by atoms with E-state index in [1.165, 1.54) is 11.6 Å². The van der Waals surface area contributed by atoms with E-state index in [-0.39, 0.29) is 59.8 Å². The van der Waals surface area contributed by atoms with Gasteiger partial charge < -0.3 is 5.48 Å². The van der Waals surface area contributed by atoms with Crippen LogP contribution in [0.5, 0.6) is 0 Å². The van der Waals surface area contributed by atoms with E-state index in [9.17, 15) is 13.6 Å². The Morgan fingerprint density at radius 1 is 0.926 bits per heavy atom. The number of aryl methyl sites for hydroxylation is 1. The van der Waals surface area contributed by atoms with Crippen LogP contribution in [0.15, 0.2) is 48.5 Å². The van der Waals surface area contributed by atoms with Crippen LogP contribution in [-0.4, -0.2) is 51.5 Å². The molecule has 0 aromatic heterocycles. The van der Waals surface area contributed by atoms with Gasteiger partial charge in [-0.15, -0.1) is 24.8 Å². The molecule has 0 saturated heterocycles. The minimum atomic E-state index is -0.912. The van der Waals surface area contributed by atoms with Crippen LogP contribution < -0.4 is 5.84 Å².